The molecule has 2 amide bonds. The molecule has 1 heterocycles. The van der Waals surface area contributed by atoms with Crippen molar-refractivity contribution in [2.24, 2.45) is 0 Å². The molecule has 118 valence electrons. The Kier molecular flexibility index (Phi) is 6.20. The highest BCUT2D eigenvalue weighted by Crippen LogP contribution is 2.15. The Morgan fingerprint density at radius 3 is 2.57 bits per heavy atom. The molecule has 5 nitrogen and oxygen atoms in total. The molecule has 21 heavy (non-hydrogen) atoms. The van der Waals surface area contributed by atoms with Crippen molar-refractivity contribution in [2.75, 3.05) is 6.54 Å². The lowest BCUT2D eigenvalue weighted by Crippen LogP contribution is -2.53. The van der Waals surface area contributed by atoms with Crippen LogP contribution in [0.2, 0.25) is 0 Å². The van der Waals surface area contributed by atoms with Crippen molar-refractivity contribution in [1.82, 2.24) is 10.2 Å². The highest BCUT2D eigenvalue weighted by atomic mass is 32.1. The third-order valence-corrected chi connectivity index (χ3v) is 3.96. The quantitative estimate of drug-likeness (QED) is 0.848. The minimum atomic E-state index is -0.899. The van der Waals surface area contributed by atoms with E-state index in [0.29, 0.717) is 0 Å². The van der Waals surface area contributed by atoms with E-state index in [2.05, 4.69) is 5.32 Å². The molecule has 1 aromatic heterocycles. The summed E-state index contributed by atoms with van der Waals surface area (Å²) in [5.41, 5.74) is -0.414. The van der Waals surface area contributed by atoms with Crippen LogP contribution in [0.5, 0.6) is 0 Å². The topological polar surface area (TPSA) is 69.6 Å². The van der Waals surface area contributed by atoms with Crippen molar-refractivity contribution in [1.29, 1.82) is 0 Å². The highest BCUT2D eigenvalue weighted by Gasteiger charge is 2.27. The number of urea groups is 1. The first kappa shape index (κ1) is 17.5. The number of carbonyl (C=O) groups is 2. The first-order valence-electron chi connectivity index (χ1n) is 7.02. The molecule has 1 aromatic rings. The maximum Gasteiger partial charge on any atom is 0.318 e. The summed E-state index contributed by atoms with van der Waals surface area (Å²) in [6, 6.07) is 3.82. The second-order valence-corrected chi connectivity index (χ2v) is 7.13. The summed E-state index contributed by atoms with van der Waals surface area (Å²) in [5, 5.41) is 13.8. The average molecular weight is 312 g/mol. The Morgan fingerprint density at radius 1 is 1.43 bits per heavy atom. The summed E-state index contributed by atoms with van der Waals surface area (Å²) < 4.78 is 0. The van der Waals surface area contributed by atoms with Gasteiger partial charge in [0.1, 0.15) is 0 Å². The lowest BCUT2D eigenvalue weighted by molar-refractivity contribution is -0.137. The number of nitrogens with one attached hydrogen (secondary N) is 1. The molecule has 2 N–H and O–H groups in total. The van der Waals surface area contributed by atoms with Crippen LogP contribution < -0.4 is 5.32 Å². The molecular weight excluding hydrogens is 288 g/mol. The zero-order valence-corrected chi connectivity index (χ0v) is 13.9. The van der Waals surface area contributed by atoms with Gasteiger partial charge in [-0.3, -0.25) is 4.79 Å². The van der Waals surface area contributed by atoms with Crippen LogP contribution in [0.3, 0.4) is 0 Å². The van der Waals surface area contributed by atoms with Gasteiger partial charge in [-0.2, -0.15) is 0 Å². The Hall–Kier alpha value is -1.56. The van der Waals surface area contributed by atoms with Crippen LogP contribution in [0.1, 0.15) is 39.0 Å². The number of hydrogen-bond acceptors (Lipinski definition) is 3. The predicted molar refractivity (Wildman–Crippen MR) is 84.7 cm³/mol. The molecule has 0 aromatic carbocycles. The highest BCUT2D eigenvalue weighted by molar-refractivity contribution is 7.09. The van der Waals surface area contributed by atoms with E-state index < -0.39 is 11.5 Å². The van der Waals surface area contributed by atoms with Gasteiger partial charge in [-0.05, 0) is 39.1 Å². The van der Waals surface area contributed by atoms with E-state index in [9.17, 15) is 9.59 Å². The van der Waals surface area contributed by atoms with Crippen molar-refractivity contribution in [3.8, 4) is 0 Å². The van der Waals surface area contributed by atoms with Gasteiger partial charge in [0.2, 0.25) is 0 Å². The largest absolute Gasteiger partial charge is 0.481 e. The zero-order chi connectivity index (χ0) is 16.0. The van der Waals surface area contributed by atoms with Gasteiger partial charge in [0, 0.05) is 29.4 Å². The molecule has 1 unspecified atom stereocenters. The number of carboxylic acids is 1. The van der Waals surface area contributed by atoms with Gasteiger partial charge in [-0.1, -0.05) is 6.07 Å². The summed E-state index contributed by atoms with van der Waals surface area (Å²) in [4.78, 5) is 25.9. The van der Waals surface area contributed by atoms with Crippen LogP contribution in [-0.4, -0.2) is 40.1 Å². The molecule has 0 fully saturated rings. The van der Waals surface area contributed by atoms with Crippen LogP contribution in [0.15, 0.2) is 17.5 Å². The average Bonchev–Trinajstić information content (AvgIpc) is 2.79. The van der Waals surface area contributed by atoms with Crippen LogP contribution in [0.25, 0.3) is 0 Å². The van der Waals surface area contributed by atoms with Gasteiger partial charge in [0.25, 0.3) is 0 Å². The van der Waals surface area contributed by atoms with Gasteiger partial charge in [0.15, 0.2) is 0 Å². The number of thiophene rings is 1. The maximum atomic E-state index is 12.4. The molecule has 0 spiro atoms. The summed E-state index contributed by atoms with van der Waals surface area (Å²) in [6.07, 6.45) is 0.727. The lowest BCUT2D eigenvalue weighted by atomic mass is 10.1. The molecule has 0 aliphatic rings. The zero-order valence-electron chi connectivity index (χ0n) is 13.0. The summed E-state index contributed by atoms with van der Waals surface area (Å²) in [7, 11) is 0. The molecule has 0 aliphatic carbocycles. The van der Waals surface area contributed by atoms with E-state index in [1.807, 2.05) is 45.2 Å². The fraction of sp³-hybridized carbons (Fsp3) is 0.600. The molecule has 1 atom stereocenters. The second kappa shape index (κ2) is 7.45. The Bertz CT molecular complexity index is 466. The van der Waals surface area contributed by atoms with Crippen molar-refractivity contribution >= 4 is 23.3 Å². The fourth-order valence-corrected chi connectivity index (χ4v) is 2.85. The fourth-order valence-electron chi connectivity index (χ4n) is 2.02. The van der Waals surface area contributed by atoms with Gasteiger partial charge in [-0.15, -0.1) is 11.3 Å². The van der Waals surface area contributed by atoms with Gasteiger partial charge in [-0.25, -0.2) is 4.79 Å². The number of aliphatic carboxylic acids is 1. The molecule has 0 bridgehead atoms. The van der Waals surface area contributed by atoms with E-state index in [1.165, 1.54) is 4.88 Å². The molecule has 6 heteroatoms. The number of rotatable bonds is 6. The number of hydrogen-bond donors (Lipinski definition) is 2. The summed E-state index contributed by atoms with van der Waals surface area (Å²) >= 11 is 1.66. The standard InChI is InChI=1S/C15H24N2O3S/c1-11(10-12-6-5-9-21-12)16-14(20)17(15(2,3)4)8-7-13(18)19/h5-6,9,11H,7-8,10H2,1-4H3,(H,16,20)(H,18,19). The van der Waals surface area contributed by atoms with Gasteiger partial charge >= 0.3 is 12.0 Å². The molecule has 0 aliphatic heterocycles. The Labute approximate surface area is 130 Å². The van der Waals surface area contributed by atoms with Crippen molar-refractivity contribution in [3.05, 3.63) is 22.4 Å². The Morgan fingerprint density at radius 2 is 2.10 bits per heavy atom. The molecule has 0 radical (unpaired) electrons. The molecule has 0 saturated heterocycles. The minimum absolute atomic E-state index is 0.00540. The third kappa shape index (κ3) is 6.16. The van der Waals surface area contributed by atoms with Gasteiger partial charge in [0.05, 0.1) is 6.42 Å². The van der Waals surface area contributed by atoms with Crippen molar-refractivity contribution in [3.63, 3.8) is 0 Å². The van der Waals surface area contributed by atoms with Crippen LogP contribution in [-0.2, 0) is 11.2 Å². The van der Waals surface area contributed by atoms with E-state index >= 15 is 0 Å². The smallest absolute Gasteiger partial charge is 0.318 e. The van der Waals surface area contributed by atoms with Crippen LogP contribution >= 0.6 is 11.3 Å². The van der Waals surface area contributed by atoms with E-state index in [-0.39, 0.29) is 25.0 Å². The molecule has 0 saturated carbocycles. The summed E-state index contributed by atoms with van der Waals surface area (Å²) in [5.74, 6) is -0.899. The van der Waals surface area contributed by atoms with E-state index in [0.717, 1.165) is 6.42 Å². The first-order valence-corrected chi connectivity index (χ1v) is 7.90. The van der Waals surface area contributed by atoms with Gasteiger partial charge < -0.3 is 15.3 Å². The number of carboxylic acid groups (broad SMARTS) is 1. The number of amides is 2. The monoisotopic (exact) mass is 312 g/mol. The van der Waals surface area contributed by atoms with Crippen LogP contribution in [0, 0.1) is 0 Å². The minimum Gasteiger partial charge on any atom is -0.481 e. The molecular formula is C15H24N2O3S. The van der Waals surface area contributed by atoms with E-state index in [1.54, 1.807) is 16.2 Å². The number of nitrogens with zero attached hydrogens (tertiary/aromatic N) is 1. The number of carbonyl (C=O) groups excluding carboxylic acids is 1. The van der Waals surface area contributed by atoms with Crippen LogP contribution in [0.4, 0.5) is 4.79 Å². The Balaban J connectivity index is 2.60. The predicted octanol–water partition coefficient (Wildman–Crippen LogP) is 2.96. The first-order chi connectivity index (χ1) is 9.70. The SMILES string of the molecule is CC(Cc1cccs1)NC(=O)N(CCC(=O)O)C(C)(C)C. The summed E-state index contributed by atoms with van der Waals surface area (Å²) in [6.45, 7) is 7.86. The van der Waals surface area contributed by atoms with Crippen molar-refractivity contribution in [2.45, 2.75) is 52.1 Å². The molecule has 1 rings (SSSR count). The second-order valence-electron chi connectivity index (χ2n) is 6.10. The normalized spacial score (nSPS) is 12.8. The van der Waals surface area contributed by atoms with E-state index in [4.69, 9.17) is 5.11 Å². The maximum absolute atomic E-state index is 12.4. The third-order valence-electron chi connectivity index (χ3n) is 3.06. The van der Waals surface area contributed by atoms with Crippen molar-refractivity contribution < 1.29 is 14.7 Å². The lowest BCUT2D eigenvalue weighted by Gasteiger charge is -2.36.